The van der Waals surface area contributed by atoms with Gasteiger partial charge in [0.15, 0.2) is 0 Å². The number of carboxylic acid groups (broad SMARTS) is 1. The predicted molar refractivity (Wildman–Crippen MR) is 137 cm³/mol. The van der Waals surface area contributed by atoms with Gasteiger partial charge in [-0.1, -0.05) is 24.4 Å². The van der Waals surface area contributed by atoms with Gasteiger partial charge in [0.25, 0.3) is 5.91 Å². The van der Waals surface area contributed by atoms with E-state index in [0.29, 0.717) is 30.2 Å². The molecule has 0 bridgehead atoms. The molecule has 2 aromatic carbocycles. The SMILES string of the molecule is O=C(Nc1ccc(N2CCN(CC(=O)N3CCCCCC3)CC2)cc1C(=O)O)c1ccc(Cl)cc1. The Hall–Kier alpha value is -3.10. The monoisotopic (exact) mass is 498 g/mol. The first kappa shape index (κ1) is 25.0. The normalized spacial score (nSPS) is 17.1. The molecule has 9 heteroatoms. The smallest absolute Gasteiger partial charge is 0.337 e. The van der Waals surface area contributed by atoms with Crippen LogP contribution in [0.3, 0.4) is 0 Å². The lowest BCUT2D eigenvalue weighted by Crippen LogP contribution is -2.50. The fourth-order valence-corrected chi connectivity index (χ4v) is 4.71. The van der Waals surface area contributed by atoms with Crippen molar-refractivity contribution in [2.24, 2.45) is 0 Å². The fraction of sp³-hybridized carbons (Fsp3) is 0.423. The van der Waals surface area contributed by atoms with Crippen molar-refractivity contribution in [3.8, 4) is 0 Å². The summed E-state index contributed by atoms with van der Waals surface area (Å²) in [4.78, 5) is 43.5. The number of hydrogen-bond acceptors (Lipinski definition) is 5. The van der Waals surface area contributed by atoms with E-state index in [-0.39, 0.29) is 17.2 Å². The summed E-state index contributed by atoms with van der Waals surface area (Å²) in [6.45, 7) is 5.01. The number of piperazine rings is 1. The third kappa shape index (κ3) is 6.52. The van der Waals surface area contributed by atoms with Gasteiger partial charge in [-0.2, -0.15) is 0 Å². The first-order valence-electron chi connectivity index (χ1n) is 12.1. The number of amides is 2. The van der Waals surface area contributed by atoms with Crippen LogP contribution < -0.4 is 10.2 Å². The lowest BCUT2D eigenvalue weighted by Gasteiger charge is -2.36. The van der Waals surface area contributed by atoms with Crippen LogP contribution in [0.5, 0.6) is 0 Å². The number of rotatable bonds is 6. The maximum absolute atomic E-state index is 12.7. The Labute approximate surface area is 210 Å². The molecule has 0 atom stereocenters. The molecule has 186 valence electrons. The average molecular weight is 499 g/mol. The highest BCUT2D eigenvalue weighted by Crippen LogP contribution is 2.25. The molecule has 0 radical (unpaired) electrons. The summed E-state index contributed by atoms with van der Waals surface area (Å²) in [5.74, 6) is -1.31. The molecular formula is C26H31ClN4O4. The van der Waals surface area contributed by atoms with Gasteiger partial charge in [-0.25, -0.2) is 4.79 Å². The van der Waals surface area contributed by atoms with E-state index in [1.807, 2.05) is 11.0 Å². The summed E-state index contributed by atoms with van der Waals surface area (Å²) >= 11 is 5.87. The van der Waals surface area contributed by atoms with Crippen molar-refractivity contribution in [3.05, 3.63) is 58.6 Å². The third-order valence-corrected chi connectivity index (χ3v) is 6.90. The summed E-state index contributed by atoms with van der Waals surface area (Å²) in [6, 6.07) is 11.4. The minimum absolute atomic E-state index is 0.0311. The molecule has 2 fully saturated rings. The molecule has 2 aliphatic heterocycles. The van der Waals surface area contributed by atoms with Crippen molar-refractivity contribution in [1.29, 1.82) is 0 Å². The van der Waals surface area contributed by atoms with E-state index in [4.69, 9.17) is 11.6 Å². The van der Waals surface area contributed by atoms with Gasteiger partial charge in [0, 0.05) is 55.5 Å². The zero-order valence-corrected chi connectivity index (χ0v) is 20.5. The minimum atomic E-state index is -1.11. The van der Waals surface area contributed by atoms with E-state index >= 15 is 0 Å². The van der Waals surface area contributed by atoms with Crippen LogP contribution in [0.2, 0.25) is 5.02 Å². The number of carbonyl (C=O) groups excluding carboxylic acids is 2. The molecular weight excluding hydrogens is 468 g/mol. The zero-order valence-electron chi connectivity index (χ0n) is 19.7. The van der Waals surface area contributed by atoms with Crippen LogP contribution in [0, 0.1) is 0 Å². The first-order valence-corrected chi connectivity index (χ1v) is 12.5. The van der Waals surface area contributed by atoms with E-state index in [1.54, 1.807) is 36.4 Å². The molecule has 0 spiro atoms. The quantitative estimate of drug-likeness (QED) is 0.629. The molecule has 2 amide bonds. The van der Waals surface area contributed by atoms with Gasteiger partial charge in [0.1, 0.15) is 0 Å². The molecule has 2 N–H and O–H groups in total. The minimum Gasteiger partial charge on any atom is -0.478 e. The first-order chi connectivity index (χ1) is 16.9. The summed E-state index contributed by atoms with van der Waals surface area (Å²) in [6.07, 6.45) is 4.57. The maximum Gasteiger partial charge on any atom is 0.337 e. The summed E-state index contributed by atoms with van der Waals surface area (Å²) < 4.78 is 0. The Morgan fingerprint density at radius 3 is 2.14 bits per heavy atom. The number of nitrogens with zero attached hydrogens (tertiary/aromatic N) is 3. The van der Waals surface area contributed by atoms with Crippen LogP contribution in [0.1, 0.15) is 46.4 Å². The van der Waals surface area contributed by atoms with Gasteiger partial charge >= 0.3 is 5.97 Å². The van der Waals surface area contributed by atoms with E-state index in [1.165, 1.54) is 12.8 Å². The van der Waals surface area contributed by atoms with Crippen LogP contribution >= 0.6 is 11.6 Å². The molecule has 0 aliphatic carbocycles. The second kappa shape index (κ2) is 11.6. The second-order valence-electron chi connectivity index (χ2n) is 9.05. The summed E-state index contributed by atoms with van der Waals surface area (Å²) in [7, 11) is 0. The van der Waals surface area contributed by atoms with Crippen LogP contribution in [0.25, 0.3) is 0 Å². The molecule has 2 aliphatic rings. The molecule has 0 aromatic heterocycles. The number of likely N-dealkylation sites (tertiary alicyclic amines) is 1. The van der Waals surface area contributed by atoms with Crippen molar-refractivity contribution in [2.75, 3.05) is 56.0 Å². The van der Waals surface area contributed by atoms with E-state index in [9.17, 15) is 19.5 Å². The largest absolute Gasteiger partial charge is 0.478 e. The molecule has 0 saturated carbocycles. The number of carboxylic acids is 1. The Bertz CT molecular complexity index is 1060. The Balaban J connectivity index is 1.36. The predicted octanol–water partition coefficient (Wildman–Crippen LogP) is 3.82. The maximum atomic E-state index is 12.7. The Kier molecular flexibility index (Phi) is 8.25. The van der Waals surface area contributed by atoms with Gasteiger partial charge in [-0.15, -0.1) is 0 Å². The molecule has 2 saturated heterocycles. The van der Waals surface area contributed by atoms with Crippen molar-refractivity contribution in [2.45, 2.75) is 25.7 Å². The van der Waals surface area contributed by atoms with Crippen LogP contribution in [0.15, 0.2) is 42.5 Å². The van der Waals surface area contributed by atoms with E-state index < -0.39 is 11.9 Å². The van der Waals surface area contributed by atoms with Crippen molar-refractivity contribution in [3.63, 3.8) is 0 Å². The highest BCUT2D eigenvalue weighted by atomic mass is 35.5. The van der Waals surface area contributed by atoms with Gasteiger partial charge in [-0.05, 0) is 55.3 Å². The molecule has 2 heterocycles. The number of nitrogens with one attached hydrogen (secondary N) is 1. The highest BCUT2D eigenvalue weighted by molar-refractivity contribution is 6.30. The standard InChI is InChI=1S/C26H31ClN4O4/c27-20-7-5-19(6-8-20)25(33)28-23-10-9-21(17-22(23)26(34)35)30-15-13-29(14-16-30)18-24(32)31-11-3-1-2-4-12-31/h5-10,17H,1-4,11-16,18H2,(H,28,33)(H,34,35). The van der Waals surface area contributed by atoms with Crippen LogP contribution in [0.4, 0.5) is 11.4 Å². The van der Waals surface area contributed by atoms with Crippen molar-refractivity contribution in [1.82, 2.24) is 9.80 Å². The molecule has 4 rings (SSSR count). The van der Waals surface area contributed by atoms with E-state index in [0.717, 1.165) is 44.7 Å². The highest BCUT2D eigenvalue weighted by Gasteiger charge is 2.24. The molecule has 8 nitrogen and oxygen atoms in total. The average Bonchev–Trinajstić information content (AvgIpc) is 3.15. The van der Waals surface area contributed by atoms with Crippen LogP contribution in [-0.2, 0) is 4.79 Å². The second-order valence-corrected chi connectivity index (χ2v) is 9.49. The Morgan fingerprint density at radius 2 is 1.51 bits per heavy atom. The van der Waals surface area contributed by atoms with Crippen molar-refractivity contribution >= 4 is 40.8 Å². The van der Waals surface area contributed by atoms with Crippen LogP contribution in [-0.4, -0.2) is 78.5 Å². The fourth-order valence-electron chi connectivity index (χ4n) is 4.59. The number of hydrogen-bond donors (Lipinski definition) is 2. The summed E-state index contributed by atoms with van der Waals surface area (Å²) in [5.41, 5.74) is 1.44. The number of halogens is 1. The van der Waals surface area contributed by atoms with Gasteiger partial charge in [-0.3, -0.25) is 14.5 Å². The Morgan fingerprint density at radius 1 is 0.857 bits per heavy atom. The number of benzene rings is 2. The lowest BCUT2D eigenvalue weighted by atomic mass is 10.1. The molecule has 2 aromatic rings. The molecule has 35 heavy (non-hydrogen) atoms. The zero-order chi connectivity index (χ0) is 24.8. The van der Waals surface area contributed by atoms with Crippen molar-refractivity contribution < 1.29 is 19.5 Å². The third-order valence-electron chi connectivity index (χ3n) is 6.64. The number of carbonyl (C=O) groups is 3. The molecule has 0 unspecified atom stereocenters. The number of aromatic carboxylic acids is 1. The topological polar surface area (TPSA) is 93.2 Å². The van der Waals surface area contributed by atoms with E-state index in [2.05, 4.69) is 15.1 Å². The van der Waals surface area contributed by atoms with Gasteiger partial charge < -0.3 is 20.2 Å². The lowest BCUT2D eigenvalue weighted by molar-refractivity contribution is -0.132. The van der Waals surface area contributed by atoms with Gasteiger partial charge in [0.05, 0.1) is 17.8 Å². The summed E-state index contributed by atoms with van der Waals surface area (Å²) in [5, 5.41) is 13.0. The number of anilines is 2. The van der Waals surface area contributed by atoms with Gasteiger partial charge in [0.2, 0.25) is 5.91 Å².